The molecular weight excluding hydrogens is 569 g/mol. The van der Waals surface area contributed by atoms with E-state index in [1.165, 1.54) is 37.1 Å². The highest BCUT2D eigenvalue weighted by Gasteiger charge is 2.32. The first-order valence-corrected chi connectivity index (χ1v) is 15.0. The number of rotatable bonds is 10. The molecule has 0 saturated carbocycles. The predicted molar refractivity (Wildman–Crippen MR) is 162 cm³/mol. The molecule has 0 amide bonds. The lowest BCUT2D eigenvalue weighted by Gasteiger charge is -2.31. The van der Waals surface area contributed by atoms with Gasteiger partial charge >= 0.3 is 0 Å². The van der Waals surface area contributed by atoms with Crippen LogP contribution in [0.2, 0.25) is 0 Å². The van der Waals surface area contributed by atoms with Crippen molar-refractivity contribution in [3.8, 4) is 5.75 Å². The van der Waals surface area contributed by atoms with E-state index in [1.54, 1.807) is 30.3 Å². The summed E-state index contributed by atoms with van der Waals surface area (Å²) in [6.45, 7) is 5.10. The standard InChI is InChI=1S/C32H36ClF3N2O2S/c1-32(2,22-7-10-28(35)30(15-22)39-3)23-13-21(20-5-8-24(34)9-6-20)14-31(38-18-23)41-19-26-27(33)16-25(17-29(26)36)40-12-4-11-37/h5-10,15-16,18,21,25H,4,11-14,17,19,37H2,1-3H3. The lowest BCUT2D eigenvalue weighted by Crippen LogP contribution is -2.22. The van der Waals surface area contributed by atoms with Gasteiger partial charge in [0.1, 0.15) is 11.6 Å². The van der Waals surface area contributed by atoms with Crippen molar-refractivity contribution >= 4 is 28.4 Å². The van der Waals surface area contributed by atoms with E-state index in [4.69, 9.17) is 31.8 Å². The number of nitrogens with two attached hydrogens (primary N) is 1. The monoisotopic (exact) mass is 604 g/mol. The van der Waals surface area contributed by atoms with Crippen LogP contribution in [-0.2, 0) is 10.2 Å². The molecule has 2 N–H and O–H groups in total. The third-order valence-corrected chi connectivity index (χ3v) is 9.05. The molecule has 0 radical (unpaired) electrons. The molecule has 4 nitrogen and oxygen atoms in total. The van der Waals surface area contributed by atoms with E-state index in [9.17, 15) is 8.78 Å². The number of halogens is 4. The van der Waals surface area contributed by atoms with Crippen LogP contribution in [0.4, 0.5) is 13.2 Å². The Labute approximate surface area is 249 Å². The van der Waals surface area contributed by atoms with Gasteiger partial charge in [0, 0.05) is 47.4 Å². The number of hydrogen-bond acceptors (Lipinski definition) is 5. The molecule has 0 fully saturated rings. The van der Waals surface area contributed by atoms with Gasteiger partial charge in [-0.05, 0) is 72.3 Å². The van der Waals surface area contributed by atoms with E-state index >= 15 is 4.39 Å². The van der Waals surface area contributed by atoms with E-state index in [2.05, 4.69) is 13.8 Å². The van der Waals surface area contributed by atoms with Crippen LogP contribution in [0.5, 0.6) is 5.75 Å². The lowest BCUT2D eigenvalue weighted by molar-refractivity contribution is 0.0795. The summed E-state index contributed by atoms with van der Waals surface area (Å²) >= 11 is 7.93. The van der Waals surface area contributed by atoms with Gasteiger partial charge in [0.25, 0.3) is 0 Å². The van der Waals surface area contributed by atoms with E-state index in [-0.39, 0.29) is 29.7 Å². The third-order valence-electron chi connectivity index (χ3n) is 7.66. The maximum absolute atomic E-state index is 15.1. The van der Waals surface area contributed by atoms with Gasteiger partial charge < -0.3 is 15.2 Å². The summed E-state index contributed by atoms with van der Waals surface area (Å²) in [6, 6.07) is 11.4. The molecule has 2 atom stereocenters. The number of methoxy groups -OCH3 is 1. The fourth-order valence-corrected chi connectivity index (χ4v) is 6.46. The molecule has 2 aromatic carbocycles. The van der Waals surface area contributed by atoms with Crippen molar-refractivity contribution in [3.05, 3.63) is 99.5 Å². The highest BCUT2D eigenvalue weighted by Crippen LogP contribution is 2.43. The Morgan fingerprint density at radius 1 is 1.07 bits per heavy atom. The van der Waals surface area contributed by atoms with Crippen LogP contribution >= 0.6 is 23.4 Å². The van der Waals surface area contributed by atoms with Crippen LogP contribution in [0, 0.1) is 11.6 Å². The maximum Gasteiger partial charge on any atom is 0.165 e. The van der Waals surface area contributed by atoms with Gasteiger partial charge in [-0.2, -0.15) is 0 Å². The van der Waals surface area contributed by atoms with Crippen molar-refractivity contribution in [2.75, 3.05) is 26.0 Å². The predicted octanol–water partition coefficient (Wildman–Crippen LogP) is 8.33. The SMILES string of the molecule is COc1cc(C(C)(C)C2=CN=C(SCC3=C(F)CC(OCCCN)C=C3Cl)CC(c3ccc(F)cc3)C2)ccc1F. The molecule has 0 bridgehead atoms. The largest absolute Gasteiger partial charge is 0.494 e. The van der Waals surface area contributed by atoms with E-state index in [1.807, 2.05) is 6.20 Å². The Kier molecular flexibility index (Phi) is 10.8. The van der Waals surface area contributed by atoms with E-state index in [0.717, 1.165) is 21.7 Å². The number of hydrogen-bond donors (Lipinski definition) is 1. The zero-order valence-corrected chi connectivity index (χ0v) is 25.1. The van der Waals surface area contributed by atoms with Gasteiger partial charge in [-0.3, -0.25) is 4.99 Å². The zero-order valence-electron chi connectivity index (χ0n) is 23.6. The molecule has 41 heavy (non-hydrogen) atoms. The van der Waals surface area contributed by atoms with Crippen molar-refractivity contribution in [2.45, 2.75) is 57.0 Å². The van der Waals surface area contributed by atoms with Crippen molar-refractivity contribution in [1.29, 1.82) is 0 Å². The third kappa shape index (κ3) is 7.86. The van der Waals surface area contributed by atoms with Crippen molar-refractivity contribution in [2.24, 2.45) is 10.7 Å². The highest BCUT2D eigenvalue weighted by atomic mass is 35.5. The first kappa shape index (κ1) is 31.4. The van der Waals surface area contributed by atoms with Gasteiger partial charge in [-0.15, -0.1) is 11.8 Å². The molecule has 0 saturated heterocycles. The average Bonchev–Trinajstić information content (AvgIpc) is 3.17. The van der Waals surface area contributed by atoms with Gasteiger partial charge in [0.15, 0.2) is 11.6 Å². The Morgan fingerprint density at radius 2 is 1.83 bits per heavy atom. The molecule has 1 heterocycles. The summed E-state index contributed by atoms with van der Waals surface area (Å²) < 4.78 is 53.9. The highest BCUT2D eigenvalue weighted by molar-refractivity contribution is 8.14. The Morgan fingerprint density at radius 3 is 2.51 bits per heavy atom. The summed E-state index contributed by atoms with van der Waals surface area (Å²) in [7, 11) is 1.44. The summed E-state index contributed by atoms with van der Waals surface area (Å²) in [5, 5.41) is 1.18. The zero-order chi connectivity index (χ0) is 29.6. The molecule has 9 heteroatoms. The second-order valence-electron chi connectivity index (χ2n) is 10.8. The molecule has 2 unspecified atom stereocenters. The van der Waals surface area contributed by atoms with E-state index in [0.29, 0.717) is 48.8 Å². The van der Waals surface area contributed by atoms with Crippen LogP contribution in [0.15, 0.2) is 81.7 Å². The molecule has 0 aromatic heterocycles. The molecule has 0 spiro atoms. The second-order valence-corrected chi connectivity index (χ2v) is 12.2. The molecule has 1 aliphatic carbocycles. The number of aliphatic imine (C=N–C) groups is 1. The van der Waals surface area contributed by atoms with Crippen LogP contribution in [0.3, 0.4) is 0 Å². The van der Waals surface area contributed by atoms with Gasteiger partial charge in [-0.1, -0.05) is 43.6 Å². The fraction of sp³-hybridized carbons (Fsp3) is 0.406. The second kappa shape index (κ2) is 14.1. The quantitative estimate of drug-likeness (QED) is 0.277. The van der Waals surface area contributed by atoms with E-state index < -0.39 is 17.3 Å². The Bertz CT molecular complexity index is 1360. The van der Waals surface area contributed by atoms with Crippen LogP contribution < -0.4 is 10.5 Å². The maximum atomic E-state index is 15.1. The number of allylic oxidation sites excluding steroid dienone is 2. The number of ether oxygens (including phenoxy) is 2. The Balaban J connectivity index is 1.59. The first-order valence-electron chi connectivity index (χ1n) is 13.7. The number of thioether (sulfide) groups is 1. The number of nitrogens with zero attached hydrogens (tertiary/aromatic N) is 1. The molecular formula is C32H36ClF3N2O2S. The summed E-state index contributed by atoms with van der Waals surface area (Å²) in [5.41, 5.74) is 8.38. The minimum atomic E-state index is -0.494. The minimum absolute atomic E-state index is 0.00809. The normalized spacial score (nSPS) is 19.9. The minimum Gasteiger partial charge on any atom is -0.494 e. The fourth-order valence-electron chi connectivity index (χ4n) is 5.00. The smallest absolute Gasteiger partial charge is 0.165 e. The van der Waals surface area contributed by atoms with Crippen molar-refractivity contribution < 1.29 is 22.6 Å². The number of benzene rings is 2. The van der Waals surface area contributed by atoms with Gasteiger partial charge in [0.2, 0.25) is 0 Å². The van der Waals surface area contributed by atoms with Crippen molar-refractivity contribution in [3.63, 3.8) is 0 Å². The summed E-state index contributed by atoms with van der Waals surface area (Å²) in [4.78, 5) is 4.84. The Hall–Kier alpha value is -2.52. The lowest BCUT2D eigenvalue weighted by atomic mass is 9.73. The topological polar surface area (TPSA) is 56.8 Å². The van der Waals surface area contributed by atoms with Crippen LogP contribution in [0.25, 0.3) is 0 Å². The van der Waals surface area contributed by atoms with Gasteiger partial charge in [-0.25, -0.2) is 13.2 Å². The molecule has 2 aliphatic rings. The van der Waals surface area contributed by atoms with Crippen molar-refractivity contribution in [1.82, 2.24) is 0 Å². The summed E-state index contributed by atoms with van der Waals surface area (Å²) in [5.74, 6) is -0.490. The molecule has 2 aromatic rings. The molecule has 4 rings (SSSR count). The summed E-state index contributed by atoms with van der Waals surface area (Å²) in [6.07, 6.45) is 5.31. The average molecular weight is 605 g/mol. The van der Waals surface area contributed by atoms with Crippen LogP contribution in [0.1, 0.15) is 56.6 Å². The molecule has 220 valence electrons. The molecule has 1 aliphatic heterocycles. The van der Waals surface area contributed by atoms with Gasteiger partial charge in [0.05, 0.1) is 18.3 Å². The van der Waals surface area contributed by atoms with Crippen LogP contribution in [-0.4, -0.2) is 37.2 Å². The first-order chi connectivity index (χ1) is 19.6.